The van der Waals surface area contributed by atoms with Crippen molar-refractivity contribution in [2.75, 3.05) is 19.0 Å². The van der Waals surface area contributed by atoms with Crippen molar-refractivity contribution < 1.29 is 9.84 Å². The fourth-order valence-corrected chi connectivity index (χ4v) is 4.25. The lowest BCUT2D eigenvalue weighted by Crippen LogP contribution is -2.15. The maximum Gasteiger partial charge on any atom is 0.128 e. The van der Waals surface area contributed by atoms with Crippen LogP contribution in [-0.2, 0) is 0 Å². The molecule has 0 aliphatic carbocycles. The minimum atomic E-state index is -0.244. The van der Waals surface area contributed by atoms with Gasteiger partial charge in [-0.15, -0.1) is 0 Å². The smallest absolute Gasteiger partial charge is 0.128 e. The number of pyridine rings is 1. The number of rotatable bonds is 7. The predicted molar refractivity (Wildman–Crippen MR) is 136 cm³/mol. The molecular weight excluding hydrogens is 424 g/mol. The van der Waals surface area contributed by atoms with Crippen LogP contribution in [0.1, 0.15) is 17.3 Å². The Kier molecular flexibility index (Phi) is 5.97. The van der Waals surface area contributed by atoms with E-state index < -0.39 is 0 Å². The van der Waals surface area contributed by atoms with Crippen LogP contribution in [0.4, 0.5) is 5.69 Å². The number of benzene rings is 3. The number of aliphatic hydroxyl groups is 1. The molecule has 3 N–H and O–H groups in total. The number of H-pyrrole nitrogens is 1. The van der Waals surface area contributed by atoms with E-state index in [-0.39, 0.29) is 12.6 Å². The number of ether oxygens (including phenoxy) is 1. The highest BCUT2D eigenvalue weighted by Crippen LogP contribution is 2.38. The van der Waals surface area contributed by atoms with E-state index in [4.69, 9.17) is 9.72 Å². The molecule has 0 saturated carbocycles. The zero-order valence-electron chi connectivity index (χ0n) is 19.1. The first-order valence-corrected chi connectivity index (χ1v) is 11.2. The second-order valence-corrected chi connectivity index (χ2v) is 8.19. The quantitative estimate of drug-likeness (QED) is 0.294. The molecule has 0 saturated heterocycles. The molecule has 0 bridgehead atoms. The van der Waals surface area contributed by atoms with Gasteiger partial charge in [-0.25, -0.2) is 0 Å². The number of hydrogen-bond donors (Lipinski definition) is 3. The van der Waals surface area contributed by atoms with E-state index in [0.29, 0.717) is 0 Å². The number of anilines is 1. The second-order valence-electron chi connectivity index (χ2n) is 8.19. The van der Waals surface area contributed by atoms with Crippen LogP contribution < -0.4 is 10.1 Å². The fraction of sp³-hybridized carbons (Fsp3) is 0.143. The molecule has 2 aromatic heterocycles. The van der Waals surface area contributed by atoms with Crippen LogP contribution in [0, 0.1) is 6.92 Å². The van der Waals surface area contributed by atoms with Crippen molar-refractivity contribution >= 4 is 16.6 Å². The summed E-state index contributed by atoms with van der Waals surface area (Å²) in [6, 6.07) is 25.8. The van der Waals surface area contributed by atoms with Crippen LogP contribution in [0.5, 0.6) is 5.75 Å². The standard InChI is InChI=1S/C28H26N4O2/c1-18-23-14-20(12-13-25(23)32-31-18)24-15-21(30-26(17-33)19-8-4-3-5-9-19)16-29-28(24)22-10-6-7-11-27(22)34-2/h3-16,26,30,33H,17H2,1-2H3,(H,31,32)/t26-/m0/s1. The van der Waals surface area contributed by atoms with Crippen LogP contribution in [0.2, 0.25) is 0 Å². The number of aryl methyl sites for hydroxylation is 1. The van der Waals surface area contributed by atoms with Gasteiger partial charge in [0.25, 0.3) is 0 Å². The first-order chi connectivity index (χ1) is 16.7. The number of nitrogens with one attached hydrogen (secondary N) is 2. The lowest BCUT2D eigenvalue weighted by Gasteiger charge is -2.20. The van der Waals surface area contributed by atoms with Gasteiger partial charge in [0.2, 0.25) is 0 Å². The molecule has 0 spiro atoms. The average molecular weight is 451 g/mol. The van der Waals surface area contributed by atoms with Crippen molar-refractivity contribution in [3.63, 3.8) is 0 Å². The zero-order valence-corrected chi connectivity index (χ0v) is 19.1. The first kappa shape index (κ1) is 21.7. The number of methoxy groups -OCH3 is 1. The molecule has 0 unspecified atom stereocenters. The zero-order chi connectivity index (χ0) is 23.5. The minimum absolute atomic E-state index is 0.0339. The number of aliphatic hydroxyl groups excluding tert-OH is 1. The van der Waals surface area contributed by atoms with Crippen LogP contribution in [0.25, 0.3) is 33.3 Å². The van der Waals surface area contributed by atoms with Crippen LogP contribution in [0.15, 0.2) is 85.1 Å². The molecule has 0 aliphatic heterocycles. The van der Waals surface area contributed by atoms with E-state index in [2.05, 4.69) is 33.7 Å². The van der Waals surface area contributed by atoms with Gasteiger partial charge in [-0.05, 0) is 48.4 Å². The molecule has 5 rings (SSSR count). The largest absolute Gasteiger partial charge is 0.496 e. The van der Waals surface area contributed by atoms with Gasteiger partial charge in [0.15, 0.2) is 0 Å². The van der Waals surface area contributed by atoms with Crippen molar-refractivity contribution in [2.45, 2.75) is 13.0 Å². The summed E-state index contributed by atoms with van der Waals surface area (Å²) in [5, 5.41) is 22.0. The maximum atomic E-state index is 10.0. The molecule has 170 valence electrons. The van der Waals surface area contributed by atoms with Crippen molar-refractivity contribution in [1.29, 1.82) is 0 Å². The van der Waals surface area contributed by atoms with Crippen molar-refractivity contribution in [3.05, 3.63) is 96.3 Å². The van der Waals surface area contributed by atoms with Gasteiger partial charge in [-0.3, -0.25) is 10.1 Å². The van der Waals surface area contributed by atoms with E-state index >= 15 is 0 Å². The predicted octanol–water partition coefficient (Wildman–Crippen LogP) is 5.75. The van der Waals surface area contributed by atoms with Gasteiger partial charge in [0.1, 0.15) is 5.75 Å². The Labute approximate surface area is 198 Å². The van der Waals surface area contributed by atoms with Gasteiger partial charge in [0, 0.05) is 22.2 Å². The lowest BCUT2D eigenvalue weighted by molar-refractivity contribution is 0.276. The molecule has 34 heavy (non-hydrogen) atoms. The van der Waals surface area contributed by atoms with E-state index in [1.807, 2.05) is 67.6 Å². The molecule has 2 heterocycles. The van der Waals surface area contributed by atoms with Crippen LogP contribution in [-0.4, -0.2) is 34.0 Å². The normalized spacial score (nSPS) is 12.0. The Morgan fingerprint density at radius 1 is 0.971 bits per heavy atom. The third-order valence-electron chi connectivity index (χ3n) is 6.03. The van der Waals surface area contributed by atoms with Crippen molar-refractivity contribution in [1.82, 2.24) is 15.2 Å². The summed E-state index contributed by atoms with van der Waals surface area (Å²) in [5.41, 5.74) is 7.49. The second kappa shape index (κ2) is 9.37. The van der Waals surface area contributed by atoms with Crippen molar-refractivity contribution in [2.24, 2.45) is 0 Å². The summed E-state index contributed by atoms with van der Waals surface area (Å²) in [7, 11) is 1.67. The highest BCUT2D eigenvalue weighted by atomic mass is 16.5. The Balaban J connectivity index is 1.64. The molecule has 1 atom stereocenters. The average Bonchev–Trinajstić information content (AvgIpc) is 3.27. The van der Waals surface area contributed by atoms with E-state index in [1.54, 1.807) is 13.3 Å². The molecule has 0 aliphatic rings. The van der Waals surface area contributed by atoms with Gasteiger partial charge in [0.05, 0.1) is 42.9 Å². The Hall–Kier alpha value is -4.16. The van der Waals surface area contributed by atoms with Gasteiger partial charge in [-0.2, -0.15) is 5.10 Å². The maximum absolute atomic E-state index is 10.0. The third-order valence-corrected chi connectivity index (χ3v) is 6.03. The molecular formula is C28H26N4O2. The molecule has 0 radical (unpaired) electrons. The number of para-hydroxylation sites is 1. The number of nitrogens with zero attached hydrogens (tertiary/aromatic N) is 2. The van der Waals surface area contributed by atoms with Gasteiger partial charge < -0.3 is 15.2 Å². The van der Waals surface area contributed by atoms with Crippen LogP contribution >= 0.6 is 0 Å². The van der Waals surface area contributed by atoms with E-state index in [0.717, 1.165) is 56.0 Å². The summed E-state index contributed by atoms with van der Waals surface area (Å²) < 4.78 is 5.63. The molecule has 0 fully saturated rings. The molecule has 0 amide bonds. The van der Waals surface area contributed by atoms with Crippen molar-refractivity contribution in [3.8, 4) is 28.1 Å². The van der Waals surface area contributed by atoms with E-state index in [9.17, 15) is 5.11 Å². The molecule has 5 aromatic rings. The first-order valence-electron chi connectivity index (χ1n) is 11.2. The third kappa shape index (κ3) is 4.11. The number of aromatic nitrogens is 3. The SMILES string of the molecule is COc1ccccc1-c1ncc(N[C@@H](CO)c2ccccc2)cc1-c1ccc2n[nH]c(C)c2c1. The Bertz CT molecular complexity index is 1430. The fourth-order valence-electron chi connectivity index (χ4n) is 4.25. The molecule has 6 nitrogen and oxygen atoms in total. The highest BCUT2D eigenvalue weighted by molar-refractivity contribution is 5.91. The minimum Gasteiger partial charge on any atom is -0.496 e. The monoisotopic (exact) mass is 450 g/mol. The Morgan fingerprint density at radius 3 is 2.56 bits per heavy atom. The summed E-state index contributed by atoms with van der Waals surface area (Å²) in [4.78, 5) is 4.86. The summed E-state index contributed by atoms with van der Waals surface area (Å²) in [6.45, 7) is 1.98. The highest BCUT2D eigenvalue weighted by Gasteiger charge is 2.17. The topological polar surface area (TPSA) is 83.1 Å². The van der Waals surface area contributed by atoms with Gasteiger partial charge in [-0.1, -0.05) is 48.5 Å². The summed E-state index contributed by atoms with van der Waals surface area (Å²) in [6.07, 6.45) is 1.80. The van der Waals surface area contributed by atoms with Crippen LogP contribution in [0.3, 0.4) is 0 Å². The number of fused-ring (bicyclic) bond motifs is 1. The number of aromatic amines is 1. The molecule has 6 heteroatoms. The van der Waals surface area contributed by atoms with E-state index in [1.165, 1.54) is 0 Å². The van der Waals surface area contributed by atoms with Gasteiger partial charge >= 0.3 is 0 Å². The number of hydrogen-bond acceptors (Lipinski definition) is 5. The summed E-state index contributed by atoms with van der Waals surface area (Å²) >= 11 is 0. The molecule has 3 aromatic carbocycles. The Morgan fingerprint density at radius 2 is 1.76 bits per heavy atom. The lowest BCUT2D eigenvalue weighted by atomic mass is 9.97. The summed E-state index contributed by atoms with van der Waals surface area (Å²) in [5.74, 6) is 0.759.